The summed E-state index contributed by atoms with van der Waals surface area (Å²) in [5.74, 6) is 0.652. The first-order chi connectivity index (χ1) is 6.34. The molecule has 0 amide bonds. The van der Waals surface area contributed by atoms with Crippen molar-refractivity contribution >= 4 is 15.9 Å². The van der Waals surface area contributed by atoms with Crippen molar-refractivity contribution in [3.63, 3.8) is 0 Å². The third-order valence-electron chi connectivity index (χ3n) is 1.84. The van der Waals surface area contributed by atoms with Gasteiger partial charge in [0, 0.05) is 4.47 Å². The Labute approximate surface area is 89.3 Å². The SMILES string of the molecule is C[C](C)c1cccc(Br)c1C(F)(F)F. The van der Waals surface area contributed by atoms with Crippen LogP contribution in [0.5, 0.6) is 0 Å². The number of alkyl halides is 3. The summed E-state index contributed by atoms with van der Waals surface area (Å²) in [5, 5.41) is 0. The summed E-state index contributed by atoms with van der Waals surface area (Å²) in [6.45, 7) is 3.33. The van der Waals surface area contributed by atoms with Crippen LogP contribution in [0.1, 0.15) is 25.0 Å². The Morgan fingerprint density at radius 1 is 1.21 bits per heavy atom. The molecule has 4 heteroatoms. The Morgan fingerprint density at radius 3 is 2.14 bits per heavy atom. The maximum atomic E-state index is 12.6. The molecule has 0 saturated heterocycles. The van der Waals surface area contributed by atoms with Gasteiger partial charge in [-0.15, -0.1) is 0 Å². The predicted molar refractivity (Wildman–Crippen MR) is 52.8 cm³/mol. The van der Waals surface area contributed by atoms with Crippen molar-refractivity contribution in [2.45, 2.75) is 20.0 Å². The van der Waals surface area contributed by atoms with Gasteiger partial charge in [0.05, 0.1) is 5.56 Å². The lowest BCUT2D eigenvalue weighted by Gasteiger charge is -2.16. The zero-order valence-electron chi connectivity index (χ0n) is 7.74. The van der Waals surface area contributed by atoms with Gasteiger partial charge in [-0.3, -0.25) is 0 Å². The molecular formula is C10H9BrF3. The first-order valence-electron chi connectivity index (χ1n) is 4.00. The Balaban J connectivity index is 3.38. The highest BCUT2D eigenvalue weighted by molar-refractivity contribution is 9.10. The van der Waals surface area contributed by atoms with Gasteiger partial charge >= 0.3 is 6.18 Å². The molecule has 0 bridgehead atoms. The van der Waals surface area contributed by atoms with E-state index in [2.05, 4.69) is 15.9 Å². The number of hydrogen-bond acceptors (Lipinski definition) is 0. The van der Waals surface area contributed by atoms with Gasteiger partial charge in [0.15, 0.2) is 0 Å². The summed E-state index contributed by atoms with van der Waals surface area (Å²) in [6, 6.07) is 4.47. The second-order valence-electron chi connectivity index (χ2n) is 3.16. The van der Waals surface area contributed by atoms with Crippen LogP contribution in [0.15, 0.2) is 22.7 Å². The first-order valence-corrected chi connectivity index (χ1v) is 4.79. The third kappa shape index (κ3) is 2.29. The fraction of sp³-hybridized carbons (Fsp3) is 0.300. The average Bonchev–Trinajstić information content (AvgIpc) is 2.01. The smallest absolute Gasteiger partial charge is 0.166 e. The second-order valence-corrected chi connectivity index (χ2v) is 4.01. The van der Waals surface area contributed by atoms with Crippen LogP contribution in [0.3, 0.4) is 0 Å². The zero-order chi connectivity index (χ0) is 10.9. The number of halogens is 4. The van der Waals surface area contributed by atoms with Crippen molar-refractivity contribution in [3.05, 3.63) is 39.7 Å². The van der Waals surface area contributed by atoms with E-state index in [-0.39, 0.29) is 10.0 Å². The number of rotatable bonds is 1. The Bertz CT molecular complexity index is 329. The topological polar surface area (TPSA) is 0 Å². The summed E-state index contributed by atoms with van der Waals surface area (Å²) in [5.41, 5.74) is -0.355. The van der Waals surface area contributed by atoms with Crippen LogP contribution in [0, 0.1) is 5.92 Å². The van der Waals surface area contributed by atoms with Crippen LogP contribution in [0.4, 0.5) is 13.2 Å². The van der Waals surface area contributed by atoms with Gasteiger partial charge in [-0.25, -0.2) is 0 Å². The molecule has 0 heterocycles. The highest BCUT2D eigenvalue weighted by Crippen LogP contribution is 2.39. The van der Waals surface area contributed by atoms with E-state index in [0.717, 1.165) is 0 Å². The van der Waals surface area contributed by atoms with Crippen molar-refractivity contribution in [2.75, 3.05) is 0 Å². The van der Waals surface area contributed by atoms with Gasteiger partial charge in [0.25, 0.3) is 0 Å². The first kappa shape index (κ1) is 11.6. The molecule has 0 aliphatic rings. The minimum absolute atomic E-state index is 0.0868. The molecule has 1 aromatic rings. The fourth-order valence-electron chi connectivity index (χ4n) is 1.23. The molecule has 0 nitrogen and oxygen atoms in total. The molecule has 1 aromatic carbocycles. The normalized spacial score (nSPS) is 12.2. The largest absolute Gasteiger partial charge is 0.417 e. The van der Waals surface area contributed by atoms with Crippen LogP contribution in [-0.2, 0) is 6.18 Å². The lowest BCUT2D eigenvalue weighted by Crippen LogP contribution is -2.11. The summed E-state index contributed by atoms with van der Waals surface area (Å²) < 4.78 is 38.0. The summed E-state index contributed by atoms with van der Waals surface area (Å²) >= 11 is 2.92. The van der Waals surface area contributed by atoms with Crippen LogP contribution in [-0.4, -0.2) is 0 Å². The van der Waals surface area contributed by atoms with E-state index in [4.69, 9.17) is 0 Å². The van der Waals surface area contributed by atoms with Crippen molar-refractivity contribution in [2.24, 2.45) is 0 Å². The molecule has 0 N–H and O–H groups in total. The molecule has 0 aliphatic carbocycles. The van der Waals surface area contributed by atoms with E-state index in [0.29, 0.717) is 5.92 Å². The van der Waals surface area contributed by atoms with Crippen LogP contribution < -0.4 is 0 Å². The highest BCUT2D eigenvalue weighted by atomic mass is 79.9. The Morgan fingerprint density at radius 2 is 1.79 bits per heavy atom. The minimum atomic E-state index is -4.31. The fourth-order valence-corrected chi connectivity index (χ4v) is 1.82. The average molecular weight is 266 g/mol. The second kappa shape index (κ2) is 3.93. The summed E-state index contributed by atoms with van der Waals surface area (Å²) in [6.07, 6.45) is -4.31. The van der Waals surface area contributed by atoms with Gasteiger partial charge in [-0.2, -0.15) is 13.2 Å². The quantitative estimate of drug-likeness (QED) is 0.705. The Kier molecular flexibility index (Phi) is 3.24. The lowest BCUT2D eigenvalue weighted by molar-refractivity contribution is -0.138. The van der Waals surface area contributed by atoms with E-state index in [1.54, 1.807) is 19.9 Å². The molecule has 77 valence electrons. The van der Waals surface area contributed by atoms with Gasteiger partial charge in [0.2, 0.25) is 0 Å². The molecule has 0 aliphatic heterocycles. The van der Waals surface area contributed by atoms with Crippen LogP contribution in [0.25, 0.3) is 0 Å². The monoisotopic (exact) mass is 265 g/mol. The standard InChI is InChI=1S/C10H9BrF3/c1-6(2)7-4-3-5-8(11)9(7)10(12,13)14/h3-5H,1-2H3. The van der Waals surface area contributed by atoms with E-state index in [1.165, 1.54) is 12.1 Å². The van der Waals surface area contributed by atoms with Crippen LogP contribution in [0.2, 0.25) is 0 Å². The molecule has 14 heavy (non-hydrogen) atoms. The van der Waals surface area contributed by atoms with E-state index < -0.39 is 11.7 Å². The van der Waals surface area contributed by atoms with Crippen molar-refractivity contribution in [1.82, 2.24) is 0 Å². The maximum Gasteiger partial charge on any atom is 0.417 e. The molecule has 0 unspecified atom stereocenters. The van der Waals surface area contributed by atoms with Crippen molar-refractivity contribution in [1.29, 1.82) is 0 Å². The number of hydrogen-bond donors (Lipinski definition) is 0. The Hall–Kier alpha value is -0.510. The van der Waals surface area contributed by atoms with Gasteiger partial charge < -0.3 is 0 Å². The summed E-state index contributed by atoms with van der Waals surface area (Å²) in [4.78, 5) is 0. The molecule has 0 fully saturated rings. The molecule has 1 radical (unpaired) electrons. The summed E-state index contributed by atoms with van der Waals surface area (Å²) in [7, 11) is 0. The van der Waals surface area contributed by atoms with Crippen LogP contribution >= 0.6 is 15.9 Å². The predicted octanol–water partition coefficient (Wildman–Crippen LogP) is 4.43. The van der Waals surface area contributed by atoms with Crippen molar-refractivity contribution in [3.8, 4) is 0 Å². The molecule has 0 aromatic heterocycles. The highest BCUT2D eigenvalue weighted by Gasteiger charge is 2.36. The molecule has 1 rings (SSSR count). The third-order valence-corrected chi connectivity index (χ3v) is 2.50. The minimum Gasteiger partial charge on any atom is -0.166 e. The van der Waals surface area contributed by atoms with E-state index in [9.17, 15) is 13.2 Å². The number of benzene rings is 1. The van der Waals surface area contributed by atoms with Crippen molar-refractivity contribution < 1.29 is 13.2 Å². The van der Waals surface area contributed by atoms with Gasteiger partial charge in [0.1, 0.15) is 0 Å². The molecule has 0 saturated carbocycles. The van der Waals surface area contributed by atoms with E-state index >= 15 is 0 Å². The van der Waals surface area contributed by atoms with Gasteiger partial charge in [-0.1, -0.05) is 41.9 Å². The maximum absolute atomic E-state index is 12.6. The van der Waals surface area contributed by atoms with Gasteiger partial charge in [-0.05, 0) is 17.5 Å². The lowest BCUT2D eigenvalue weighted by atomic mass is 9.97. The molecule has 0 spiro atoms. The van der Waals surface area contributed by atoms with E-state index in [1.807, 2.05) is 0 Å². The zero-order valence-corrected chi connectivity index (χ0v) is 9.33. The molecular weight excluding hydrogens is 257 g/mol. The molecule has 0 atom stereocenters.